The molecule has 0 saturated carbocycles. The molecule has 1 atom stereocenters. The minimum absolute atomic E-state index is 0.107. The Morgan fingerprint density at radius 3 is 2.29 bits per heavy atom. The van der Waals surface area contributed by atoms with Gasteiger partial charge in [-0.15, -0.1) is 0 Å². The van der Waals surface area contributed by atoms with Crippen LogP contribution in [-0.2, 0) is 9.59 Å². The number of carboxylic acid groups (broad SMARTS) is 1. The Morgan fingerprint density at radius 1 is 1.24 bits per heavy atom. The number of carboxylic acids is 1. The summed E-state index contributed by atoms with van der Waals surface area (Å²) in [6, 6.07) is 6.37. The maximum absolute atomic E-state index is 12.5. The van der Waals surface area contributed by atoms with Gasteiger partial charge in [-0.3, -0.25) is 9.59 Å². The van der Waals surface area contributed by atoms with Crippen LogP contribution in [0.5, 0.6) is 0 Å². The number of anilines is 2. The second-order valence-electron chi connectivity index (χ2n) is 4.77. The van der Waals surface area contributed by atoms with Gasteiger partial charge in [0.1, 0.15) is 12.6 Å². The number of nitrogens with zero attached hydrogens (tertiary/aromatic N) is 2. The number of aliphatic carboxylic acids is 1. The van der Waals surface area contributed by atoms with E-state index in [9.17, 15) is 9.59 Å². The number of benzene rings is 1. The van der Waals surface area contributed by atoms with E-state index in [4.69, 9.17) is 10.8 Å². The average Bonchev–Trinajstić information content (AvgIpc) is 2.46. The Labute approximate surface area is 125 Å². The summed E-state index contributed by atoms with van der Waals surface area (Å²) in [6.07, 6.45) is 0. The monoisotopic (exact) mass is 293 g/mol. The number of likely N-dealkylation sites (N-methyl/N-ethyl adjacent to an activating group) is 1. The lowest BCUT2D eigenvalue weighted by Gasteiger charge is -2.33. The third-order valence-corrected chi connectivity index (χ3v) is 3.45. The van der Waals surface area contributed by atoms with Crippen molar-refractivity contribution >= 4 is 23.3 Å². The molecule has 1 aromatic rings. The highest BCUT2D eigenvalue weighted by Gasteiger charge is 2.27. The van der Waals surface area contributed by atoms with Crippen LogP contribution in [0.1, 0.15) is 20.8 Å². The molecule has 1 amide bonds. The van der Waals surface area contributed by atoms with Crippen LogP contribution < -0.4 is 10.6 Å². The summed E-state index contributed by atoms with van der Waals surface area (Å²) in [5.74, 6) is -1.11. The van der Waals surface area contributed by atoms with Gasteiger partial charge in [-0.05, 0) is 32.9 Å². The Morgan fingerprint density at radius 2 is 1.81 bits per heavy atom. The normalized spacial score (nSPS) is 11.8. The first-order valence-electron chi connectivity index (χ1n) is 7.04. The molecule has 0 spiro atoms. The smallest absolute Gasteiger partial charge is 0.323 e. The molecule has 1 unspecified atom stereocenters. The predicted octanol–water partition coefficient (Wildman–Crippen LogP) is 1.42. The van der Waals surface area contributed by atoms with Crippen molar-refractivity contribution in [1.29, 1.82) is 0 Å². The highest BCUT2D eigenvalue weighted by atomic mass is 16.4. The van der Waals surface area contributed by atoms with Crippen molar-refractivity contribution in [2.75, 3.05) is 30.3 Å². The van der Waals surface area contributed by atoms with E-state index < -0.39 is 12.0 Å². The summed E-state index contributed by atoms with van der Waals surface area (Å²) in [6.45, 7) is 6.40. The number of rotatable bonds is 7. The molecule has 0 bridgehead atoms. The predicted molar refractivity (Wildman–Crippen MR) is 83.2 cm³/mol. The summed E-state index contributed by atoms with van der Waals surface area (Å²) in [5, 5.41) is 9.11. The van der Waals surface area contributed by atoms with Crippen molar-refractivity contribution in [3.63, 3.8) is 0 Å². The summed E-state index contributed by atoms with van der Waals surface area (Å²) in [5.41, 5.74) is 6.94. The van der Waals surface area contributed by atoms with Gasteiger partial charge < -0.3 is 20.6 Å². The number of hydrogen-bond donors (Lipinski definition) is 2. The quantitative estimate of drug-likeness (QED) is 0.742. The molecule has 1 aromatic carbocycles. The lowest BCUT2D eigenvalue weighted by atomic mass is 10.1. The Bertz CT molecular complexity index is 501. The molecule has 0 fully saturated rings. The van der Waals surface area contributed by atoms with Crippen LogP contribution in [0.15, 0.2) is 24.3 Å². The van der Waals surface area contributed by atoms with Gasteiger partial charge in [0.15, 0.2) is 0 Å². The second-order valence-corrected chi connectivity index (χ2v) is 4.77. The first kappa shape index (κ1) is 16.8. The Kier molecular flexibility index (Phi) is 6.02. The van der Waals surface area contributed by atoms with E-state index in [1.165, 1.54) is 4.90 Å². The molecule has 6 heteroatoms. The van der Waals surface area contributed by atoms with E-state index in [-0.39, 0.29) is 12.5 Å². The molecule has 0 aliphatic carbocycles. The van der Waals surface area contributed by atoms with Crippen molar-refractivity contribution in [3.05, 3.63) is 24.3 Å². The minimum atomic E-state index is -1.00. The van der Waals surface area contributed by atoms with Gasteiger partial charge in [-0.25, -0.2) is 0 Å². The molecule has 1 rings (SSSR count). The fourth-order valence-corrected chi connectivity index (χ4v) is 2.26. The molecule has 0 aromatic heterocycles. The standard InChI is InChI=1S/C15H23N3O3/c1-4-17(5-2)15(21)11(3)18(10-14(19)20)13-9-7-6-8-12(13)16/h6-9,11H,4-5,10,16H2,1-3H3,(H,19,20). The SMILES string of the molecule is CCN(CC)C(=O)C(C)N(CC(=O)O)c1ccccc1N. The summed E-state index contributed by atoms with van der Waals surface area (Å²) >= 11 is 0. The Hall–Kier alpha value is -2.24. The van der Waals surface area contributed by atoms with Crippen LogP contribution in [0.2, 0.25) is 0 Å². The van der Waals surface area contributed by atoms with Crippen LogP contribution in [0.3, 0.4) is 0 Å². The van der Waals surface area contributed by atoms with Crippen LogP contribution in [0.25, 0.3) is 0 Å². The van der Waals surface area contributed by atoms with Crippen LogP contribution >= 0.6 is 0 Å². The topological polar surface area (TPSA) is 86.9 Å². The zero-order valence-corrected chi connectivity index (χ0v) is 12.7. The van der Waals surface area contributed by atoms with Crippen molar-refractivity contribution in [2.45, 2.75) is 26.8 Å². The largest absolute Gasteiger partial charge is 0.480 e. The van der Waals surface area contributed by atoms with Gasteiger partial charge in [0.25, 0.3) is 0 Å². The van der Waals surface area contributed by atoms with Crippen molar-refractivity contribution in [1.82, 2.24) is 4.90 Å². The van der Waals surface area contributed by atoms with Gasteiger partial charge >= 0.3 is 5.97 Å². The minimum Gasteiger partial charge on any atom is -0.480 e. The van der Waals surface area contributed by atoms with Gasteiger partial charge in [-0.1, -0.05) is 12.1 Å². The van der Waals surface area contributed by atoms with Gasteiger partial charge in [0, 0.05) is 13.1 Å². The number of nitrogen functional groups attached to an aromatic ring is 1. The summed E-state index contributed by atoms with van der Waals surface area (Å²) in [4.78, 5) is 26.8. The molecular weight excluding hydrogens is 270 g/mol. The molecule has 0 radical (unpaired) electrons. The van der Waals surface area contributed by atoms with Crippen LogP contribution in [-0.4, -0.2) is 47.6 Å². The zero-order chi connectivity index (χ0) is 16.0. The van der Waals surface area contributed by atoms with Gasteiger partial charge in [-0.2, -0.15) is 0 Å². The van der Waals surface area contributed by atoms with Crippen molar-refractivity contribution < 1.29 is 14.7 Å². The number of carbonyl (C=O) groups is 2. The van der Waals surface area contributed by atoms with Gasteiger partial charge in [0.2, 0.25) is 5.91 Å². The molecule has 6 nitrogen and oxygen atoms in total. The number of para-hydroxylation sites is 2. The highest BCUT2D eigenvalue weighted by molar-refractivity contribution is 5.88. The molecule has 0 aliphatic heterocycles. The Balaban J connectivity index is 3.11. The third kappa shape index (κ3) is 4.11. The zero-order valence-electron chi connectivity index (χ0n) is 12.7. The van der Waals surface area contributed by atoms with Crippen LogP contribution in [0.4, 0.5) is 11.4 Å². The highest BCUT2D eigenvalue weighted by Crippen LogP contribution is 2.25. The molecular formula is C15H23N3O3. The molecule has 116 valence electrons. The average molecular weight is 293 g/mol. The van der Waals surface area contributed by atoms with Crippen molar-refractivity contribution in [3.8, 4) is 0 Å². The maximum Gasteiger partial charge on any atom is 0.323 e. The lowest BCUT2D eigenvalue weighted by molar-refractivity contribution is -0.135. The maximum atomic E-state index is 12.5. The van der Waals surface area contributed by atoms with E-state index in [0.717, 1.165) is 0 Å². The number of hydrogen-bond acceptors (Lipinski definition) is 4. The third-order valence-electron chi connectivity index (χ3n) is 3.45. The van der Waals surface area contributed by atoms with E-state index in [2.05, 4.69) is 0 Å². The van der Waals surface area contributed by atoms with Crippen LogP contribution in [0, 0.1) is 0 Å². The summed E-state index contributed by atoms with van der Waals surface area (Å²) in [7, 11) is 0. The molecule has 0 aliphatic rings. The molecule has 0 heterocycles. The van der Waals surface area contributed by atoms with E-state index in [0.29, 0.717) is 24.5 Å². The molecule has 21 heavy (non-hydrogen) atoms. The fraction of sp³-hybridized carbons (Fsp3) is 0.467. The number of amides is 1. The molecule has 3 N–H and O–H groups in total. The van der Waals surface area contributed by atoms with Gasteiger partial charge in [0.05, 0.1) is 11.4 Å². The van der Waals surface area contributed by atoms with Crippen molar-refractivity contribution in [2.24, 2.45) is 0 Å². The second kappa shape index (κ2) is 7.52. The van der Waals surface area contributed by atoms with E-state index >= 15 is 0 Å². The fourth-order valence-electron chi connectivity index (χ4n) is 2.26. The number of nitrogens with two attached hydrogens (primary N) is 1. The van der Waals surface area contributed by atoms with E-state index in [1.807, 2.05) is 13.8 Å². The summed E-state index contributed by atoms with van der Waals surface area (Å²) < 4.78 is 0. The first-order chi connectivity index (χ1) is 9.92. The molecule has 0 saturated heterocycles. The first-order valence-corrected chi connectivity index (χ1v) is 7.04. The van der Waals surface area contributed by atoms with E-state index in [1.54, 1.807) is 36.1 Å². The number of carbonyl (C=O) groups excluding carboxylic acids is 1. The lowest BCUT2D eigenvalue weighted by Crippen LogP contribution is -2.49.